The van der Waals surface area contributed by atoms with Gasteiger partial charge in [-0.25, -0.2) is 0 Å². The lowest BCUT2D eigenvalue weighted by molar-refractivity contribution is 0.0770. The second-order valence-corrected chi connectivity index (χ2v) is 10.8. The number of hydrogen-bond acceptors (Lipinski definition) is 6. The van der Waals surface area contributed by atoms with Crippen LogP contribution in [0, 0.1) is 13.8 Å². The molecule has 2 aromatic carbocycles. The molecule has 0 bridgehead atoms. The van der Waals surface area contributed by atoms with Gasteiger partial charge in [0.2, 0.25) is 0 Å². The molecule has 2 atom stereocenters. The molecule has 200 valence electrons. The van der Waals surface area contributed by atoms with Gasteiger partial charge in [0.25, 0.3) is 11.8 Å². The first kappa shape index (κ1) is 25.1. The van der Waals surface area contributed by atoms with Crippen LogP contribution in [0.1, 0.15) is 51.1 Å². The summed E-state index contributed by atoms with van der Waals surface area (Å²) < 4.78 is 12.1. The fourth-order valence-corrected chi connectivity index (χ4v) is 5.66. The maximum Gasteiger partial charge on any atom is 0.256 e. The van der Waals surface area contributed by atoms with Crippen molar-refractivity contribution in [3.05, 3.63) is 70.8 Å². The Labute approximate surface area is 228 Å². The third kappa shape index (κ3) is 4.64. The van der Waals surface area contributed by atoms with E-state index in [-0.39, 0.29) is 23.9 Å². The van der Waals surface area contributed by atoms with Gasteiger partial charge in [0.05, 0.1) is 47.8 Å². The molecule has 6 rings (SSSR count). The SMILES string of the molecule is C=C1CC2C=Nc3cc(OCCCOc4cc5c(cc4C)C(=O)N4CC(=C)C[C@H]4C=N5)c(C)cc3C(=O)N2C1. The number of ether oxygens (including phenoxy) is 2. The number of aliphatic imine (C=N–C) groups is 2. The third-order valence-corrected chi connectivity index (χ3v) is 7.73. The zero-order valence-electron chi connectivity index (χ0n) is 22.4. The first-order valence-corrected chi connectivity index (χ1v) is 13.4. The predicted octanol–water partition coefficient (Wildman–Crippen LogP) is 5.12. The van der Waals surface area contributed by atoms with E-state index in [9.17, 15) is 9.59 Å². The highest BCUT2D eigenvalue weighted by atomic mass is 16.5. The van der Waals surface area contributed by atoms with Crippen molar-refractivity contribution in [1.82, 2.24) is 9.80 Å². The van der Waals surface area contributed by atoms with Crippen LogP contribution in [0.5, 0.6) is 11.5 Å². The average molecular weight is 525 g/mol. The quantitative estimate of drug-likeness (QED) is 0.388. The van der Waals surface area contributed by atoms with E-state index in [1.807, 2.05) is 60.3 Å². The Kier molecular flexibility index (Phi) is 6.33. The summed E-state index contributed by atoms with van der Waals surface area (Å²) in [4.78, 5) is 39.1. The minimum Gasteiger partial charge on any atom is -0.493 e. The smallest absolute Gasteiger partial charge is 0.256 e. The molecular formula is C31H32N4O4. The van der Waals surface area contributed by atoms with Crippen LogP contribution in [0.2, 0.25) is 0 Å². The molecule has 2 aromatic rings. The van der Waals surface area contributed by atoms with Crippen LogP contribution in [-0.4, -0.2) is 72.4 Å². The summed E-state index contributed by atoms with van der Waals surface area (Å²) in [7, 11) is 0. The van der Waals surface area contributed by atoms with Crippen molar-refractivity contribution in [3.63, 3.8) is 0 Å². The number of rotatable bonds is 6. The van der Waals surface area contributed by atoms with Gasteiger partial charge in [-0.05, 0) is 49.9 Å². The summed E-state index contributed by atoms with van der Waals surface area (Å²) >= 11 is 0. The molecule has 0 N–H and O–H groups in total. The lowest BCUT2D eigenvalue weighted by Gasteiger charge is -2.20. The molecule has 2 amide bonds. The van der Waals surface area contributed by atoms with E-state index in [1.165, 1.54) is 0 Å². The first-order valence-electron chi connectivity index (χ1n) is 13.4. The zero-order chi connectivity index (χ0) is 27.3. The number of carbonyl (C=O) groups is 2. The lowest BCUT2D eigenvalue weighted by Crippen LogP contribution is -2.35. The van der Waals surface area contributed by atoms with Gasteiger partial charge in [0.15, 0.2) is 0 Å². The van der Waals surface area contributed by atoms with Crippen molar-refractivity contribution in [3.8, 4) is 11.5 Å². The minimum atomic E-state index is -0.0309. The lowest BCUT2D eigenvalue weighted by atomic mass is 10.1. The summed E-state index contributed by atoms with van der Waals surface area (Å²) in [5, 5.41) is 0. The van der Waals surface area contributed by atoms with Gasteiger partial charge in [0, 0.05) is 44.1 Å². The van der Waals surface area contributed by atoms with E-state index in [2.05, 4.69) is 23.1 Å². The van der Waals surface area contributed by atoms with Crippen molar-refractivity contribution in [1.29, 1.82) is 0 Å². The van der Waals surface area contributed by atoms with Crippen LogP contribution < -0.4 is 9.47 Å². The fourth-order valence-electron chi connectivity index (χ4n) is 5.66. The largest absolute Gasteiger partial charge is 0.493 e. The Morgan fingerprint density at radius 3 is 1.64 bits per heavy atom. The normalized spacial score (nSPS) is 21.4. The van der Waals surface area contributed by atoms with Crippen molar-refractivity contribution in [2.24, 2.45) is 9.98 Å². The number of nitrogens with zero attached hydrogens (tertiary/aromatic N) is 4. The van der Waals surface area contributed by atoms with Gasteiger partial charge in [-0.15, -0.1) is 0 Å². The van der Waals surface area contributed by atoms with Gasteiger partial charge in [-0.3, -0.25) is 19.6 Å². The molecule has 0 aliphatic carbocycles. The molecule has 2 fully saturated rings. The van der Waals surface area contributed by atoms with E-state index in [0.717, 1.165) is 35.1 Å². The van der Waals surface area contributed by atoms with E-state index >= 15 is 0 Å². The predicted molar refractivity (Wildman–Crippen MR) is 151 cm³/mol. The maximum atomic E-state index is 13.1. The van der Waals surface area contributed by atoms with Gasteiger partial charge < -0.3 is 19.3 Å². The highest BCUT2D eigenvalue weighted by molar-refractivity contribution is 6.04. The summed E-state index contributed by atoms with van der Waals surface area (Å²) in [5.74, 6) is 1.40. The topological polar surface area (TPSA) is 83.8 Å². The van der Waals surface area contributed by atoms with Crippen molar-refractivity contribution in [2.75, 3.05) is 26.3 Å². The molecular weight excluding hydrogens is 492 g/mol. The van der Waals surface area contributed by atoms with Crippen LogP contribution in [0.4, 0.5) is 11.4 Å². The Hall–Kier alpha value is -4.20. The van der Waals surface area contributed by atoms with E-state index in [4.69, 9.17) is 9.47 Å². The van der Waals surface area contributed by atoms with Crippen molar-refractivity contribution in [2.45, 2.75) is 45.2 Å². The molecule has 8 nitrogen and oxygen atoms in total. The second kappa shape index (κ2) is 9.84. The number of aryl methyl sites for hydroxylation is 2. The minimum absolute atomic E-state index is 0.0118. The molecule has 0 aromatic heterocycles. The summed E-state index contributed by atoms with van der Waals surface area (Å²) in [5.41, 5.74) is 6.36. The zero-order valence-corrected chi connectivity index (χ0v) is 22.4. The standard InChI is InChI=1S/C31H32N4O4/c1-18-8-22-14-32-26-12-28(20(3)10-24(26)30(36)34(22)16-18)38-6-5-7-39-29-13-27-25(11-21(29)4)31(37)35-17-19(2)9-23(35)15-33-27/h10-15,22-23H,1-2,5-9,16-17H2,3-4H3/t22-,23?/m0/s1. The van der Waals surface area contributed by atoms with E-state index in [0.29, 0.717) is 66.7 Å². The highest BCUT2D eigenvalue weighted by Crippen LogP contribution is 2.36. The summed E-state index contributed by atoms with van der Waals surface area (Å²) in [6.07, 6.45) is 5.86. The molecule has 4 aliphatic rings. The third-order valence-electron chi connectivity index (χ3n) is 7.73. The van der Waals surface area contributed by atoms with Crippen molar-refractivity contribution < 1.29 is 19.1 Å². The molecule has 0 radical (unpaired) electrons. The summed E-state index contributed by atoms with van der Waals surface area (Å²) in [6.45, 7) is 14.0. The molecule has 2 saturated heterocycles. The molecule has 4 heterocycles. The number of hydrogen-bond donors (Lipinski definition) is 0. The van der Waals surface area contributed by atoms with Crippen LogP contribution in [0.3, 0.4) is 0 Å². The Bertz CT molecular complexity index is 1360. The Morgan fingerprint density at radius 2 is 1.21 bits per heavy atom. The van der Waals surface area contributed by atoms with Crippen molar-refractivity contribution >= 4 is 35.6 Å². The Morgan fingerprint density at radius 1 is 0.769 bits per heavy atom. The van der Waals surface area contributed by atoms with Gasteiger partial charge in [-0.2, -0.15) is 0 Å². The molecule has 0 spiro atoms. The fraction of sp³-hybridized carbons (Fsp3) is 0.355. The number of carbonyl (C=O) groups excluding carboxylic acids is 2. The number of amides is 2. The molecule has 0 saturated carbocycles. The average Bonchev–Trinajstić information content (AvgIpc) is 3.42. The number of fused-ring (bicyclic) bond motifs is 4. The van der Waals surface area contributed by atoms with Gasteiger partial charge in [-0.1, -0.05) is 24.3 Å². The molecule has 8 heteroatoms. The molecule has 39 heavy (non-hydrogen) atoms. The molecule has 4 aliphatic heterocycles. The second-order valence-electron chi connectivity index (χ2n) is 10.8. The van der Waals surface area contributed by atoms with Crippen LogP contribution in [-0.2, 0) is 0 Å². The summed E-state index contributed by atoms with van der Waals surface area (Å²) in [6, 6.07) is 7.37. The van der Waals surface area contributed by atoms with Gasteiger partial charge >= 0.3 is 0 Å². The van der Waals surface area contributed by atoms with Crippen LogP contribution >= 0.6 is 0 Å². The number of benzene rings is 2. The Balaban J connectivity index is 1.08. The van der Waals surface area contributed by atoms with E-state index in [1.54, 1.807) is 0 Å². The van der Waals surface area contributed by atoms with Crippen LogP contribution in [0.25, 0.3) is 0 Å². The highest BCUT2D eigenvalue weighted by Gasteiger charge is 2.35. The maximum absolute atomic E-state index is 13.1. The van der Waals surface area contributed by atoms with Gasteiger partial charge in [0.1, 0.15) is 11.5 Å². The first-order chi connectivity index (χ1) is 18.8. The van der Waals surface area contributed by atoms with E-state index < -0.39 is 0 Å². The molecule has 1 unspecified atom stereocenters. The monoisotopic (exact) mass is 524 g/mol. The van der Waals surface area contributed by atoms with Crippen LogP contribution in [0.15, 0.2) is 58.6 Å².